The first-order valence-corrected chi connectivity index (χ1v) is 21.3. The molecular formula is C51H48F4IrN5-3. The minimum absolute atomic E-state index is 0. The molecule has 4 heterocycles. The van der Waals surface area contributed by atoms with Gasteiger partial charge in [-0.2, -0.15) is 30.3 Å². The average molecular weight is 999 g/mol. The molecule has 1 radical (unpaired) electrons. The summed E-state index contributed by atoms with van der Waals surface area (Å²) in [5, 5.41) is 0. The molecule has 3 aromatic carbocycles. The third-order valence-electron chi connectivity index (χ3n) is 11.8. The number of hydrogen-bond donors (Lipinski definition) is 0. The Kier molecular flexibility index (Phi) is 14.9. The van der Waals surface area contributed by atoms with Crippen LogP contribution in [0.3, 0.4) is 0 Å². The number of para-hydroxylation sites is 1. The van der Waals surface area contributed by atoms with E-state index in [0.29, 0.717) is 36.1 Å². The third kappa shape index (κ3) is 10.9. The number of fused-ring (bicyclic) bond motifs is 1. The van der Waals surface area contributed by atoms with E-state index in [1.165, 1.54) is 49.7 Å². The SMILES string of the molecule is C[n+]1[c-]n(-c2[c-]cccc2)c2ncccc21.Fc1c[c-]c(-c2cc(C3CCCCC3)cc(CCCCc3cc(C4CCCCC4)cc(-c4[c-]cc(F)cc4F)n3)n2)c(F)c1.[Ir]. The molecular weight excluding hydrogens is 951 g/mol. The molecule has 2 aliphatic rings. The molecule has 0 bridgehead atoms. The molecule has 0 atom stereocenters. The Hall–Kier alpha value is -5.05. The Labute approximate surface area is 369 Å². The van der Waals surface area contributed by atoms with Crippen molar-refractivity contribution in [3.63, 3.8) is 0 Å². The van der Waals surface area contributed by atoms with Crippen LogP contribution >= 0.6 is 0 Å². The van der Waals surface area contributed by atoms with E-state index >= 15 is 0 Å². The summed E-state index contributed by atoms with van der Waals surface area (Å²) in [5.41, 5.74) is 8.45. The minimum Gasteiger partial charge on any atom is -0.326 e. The van der Waals surface area contributed by atoms with Gasteiger partial charge in [0.1, 0.15) is 5.65 Å². The summed E-state index contributed by atoms with van der Waals surface area (Å²) >= 11 is 0. The van der Waals surface area contributed by atoms with Crippen molar-refractivity contribution >= 4 is 11.2 Å². The molecule has 2 aliphatic carbocycles. The molecule has 4 aromatic heterocycles. The fraction of sp³-hybridized carbons (Fsp3) is 0.333. The maximum Gasteiger partial charge on any atom is 0.243 e. The Morgan fingerprint density at radius 3 is 1.69 bits per heavy atom. The second kappa shape index (κ2) is 20.7. The van der Waals surface area contributed by atoms with Gasteiger partial charge in [-0.1, -0.05) is 103 Å². The molecule has 7 aromatic rings. The molecule has 0 aliphatic heterocycles. The first-order valence-electron chi connectivity index (χ1n) is 21.3. The Balaban J connectivity index is 0.000000275. The van der Waals surface area contributed by atoms with Crippen molar-refractivity contribution in [2.24, 2.45) is 7.05 Å². The van der Waals surface area contributed by atoms with Crippen LogP contribution in [0.5, 0.6) is 0 Å². The van der Waals surface area contributed by atoms with Gasteiger partial charge in [0.15, 0.2) is 0 Å². The van der Waals surface area contributed by atoms with E-state index in [4.69, 9.17) is 9.97 Å². The zero-order valence-electron chi connectivity index (χ0n) is 34.3. The van der Waals surface area contributed by atoms with Gasteiger partial charge >= 0.3 is 0 Å². The Morgan fingerprint density at radius 1 is 0.656 bits per heavy atom. The Bertz CT molecular complexity index is 2430. The van der Waals surface area contributed by atoms with Crippen LogP contribution in [0.4, 0.5) is 17.6 Å². The fourth-order valence-corrected chi connectivity index (χ4v) is 8.74. The summed E-state index contributed by atoms with van der Waals surface area (Å²) in [6.07, 6.45) is 19.8. The summed E-state index contributed by atoms with van der Waals surface area (Å²) in [5.74, 6) is -1.78. The summed E-state index contributed by atoms with van der Waals surface area (Å²) in [6.45, 7) is 0. The van der Waals surface area contributed by atoms with Gasteiger partial charge < -0.3 is 19.1 Å². The van der Waals surface area contributed by atoms with Gasteiger partial charge in [-0.05, 0) is 86.7 Å². The number of benzene rings is 3. The number of halogens is 4. The molecule has 317 valence electrons. The van der Waals surface area contributed by atoms with Crippen LogP contribution in [0.2, 0.25) is 0 Å². The number of aryl methyl sites for hydroxylation is 3. The van der Waals surface area contributed by atoms with Gasteiger partial charge in [0.25, 0.3) is 0 Å². The summed E-state index contributed by atoms with van der Waals surface area (Å²) < 4.78 is 60.6. The average Bonchev–Trinajstić information content (AvgIpc) is 3.62. The third-order valence-corrected chi connectivity index (χ3v) is 11.8. The standard InChI is InChI=1S/C38H38F4N2.C13H10N3.Ir/c39-29-15-17-33(35(41)23-29)37-21-27(25-9-3-1-4-10-25)19-31(43-37)13-7-8-14-32-20-28(26-11-5-2-6-12-26)22-38(44-32)34-18-16-30(40)24-36(34)42;1-15-10-16(11-6-3-2-4-7-11)13-12(15)8-5-9-14-13;/h15-16,19-26H,1-14H2;2-6,8-9H,1H3;/q-2;-1;. The van der Waals surface area contributed by atoms with Crippen LogP contribution < -0.4 is 4.57 Å². The number of pyridine rings is 3. The van der Waals surface area contributed by atoms with Crippen molar-refractivity contribution in [1.82, 2.24) is 19.5 Å². The second-order valence-corrected chi connectivity index (χ2v) is 16.1. The number of imidazole rings is 1. The molecule has 0 saturated heterocycles. The topological polar surface area (TPSA) is 47.5 Å². The molecule has 9 rings (SSSR count). The van der Waals surface area contributed by atoms with Gasteiger partial charge in [0, 0.05) is 61.0 Å². The molecule has 10 heteroatoms. The van der Waals surface area contributed by atoms with Crippen LogP contribution in [-0.2, 0) is 40.0 Å². The van der Waals surface area contributed by atoms with Crippen LogP contribution in [0.1, 0.15) is 111 Å². The van der Waals surface area contributed by atoms with Crippen molar-refractivity contribution in [3.05, 3.63) is 161 Å². The number of rotatable bonds is 10. The van der Waals surface area contributed by atoms with Crippen LogP contribution in [0, 0.1) is 47.8 Å². The molecule has 2 fully saturated rings. The van der Waals surface area contributed by atoms with Gasteiger partial charge in [-0.15, -0.1) is 24.3 Å². The zero-order chi connectivity index (χ0) is 41.4. The van der Waals surface area contributed by atoms with E-state index in [1.54, 1.807) is 6.20 Å². The van der Waals surface area contributed by atoms with E-state index in [1.807, 2.05) is 64.7 Å². The van der Waals surface area contributed by atoms with Crippen molar-refractivity contribution in [1.29, 1.82) is 0 Å². The van der Waals surface area contributed by atoms with Crippen LogP contribution in [0.25, 0.3) is 39.4 Å². The van der Waals surface area contributed by atoms with Crippen molar-refractivity contribution in [3.8, 4) is 28.2 Å². The van der Waals surface area contributed by atoms with Gasteiger partial charge in [-0.25, -0.2) is 0 Å². The molecule has 61 heavy (non-hydrogen) atoms. The first-order chi connectivity index (χ1) is 29.3. The Morgan fingerprint density at radius 2 is 1.20 bits per heavy atom. The van der Waals surface area contributed by atoms with Crippen molar-refractivity contribution in [2.45, 2.75) is 102 Å². The maximum atomic E-state index is 14.7. The summed E-state index contributed by atoms with van der Waals surface area (Å²) in [6, 6.07) is 32.8. The fourth-order valence-electron chi connectivity index (χ4n) is 8.74. The smallest absolute Gasteiger partial charge is 0.243 e. The second-order valence-electron chi connectivity index (χ2n) is 16.1. The molecule has 5 nitrogen and oxygen atoms in total. The van der Waals surface area contributed by atoms with Gasteiger partial charge in [0.2, 0.25) is 6.33 Å². The summed E-state index contributed by atoms with van der Waals surface area (Å²) in [7, 11) is 1.96. The van der Waals surface area contributed by atoms with E-state index in [0.717, 1.165) is 91.0 Å². The first kappa shape index (κ1) is 44.0. The maximum absolute atomic E-state index is 14.7. The normalized spacial score (nSPS) is 14.6. The number of hydrogen-bond acceptors (Lipinski definition) is 3. The monoisotopic (exact) mass is 999 g/mol. The molecule has 0 N–H and O–H groups in total. The predicted octanol–water partition coefficient (Wildman–Crippen LogP) is 12.1. The van der Waals surface area contributed by atoms with Gasteiger partial charge in [0.05, 0.1) is 12.6 Å². The quantitative estimate of drug-likeness (QED) is 0.0594. The largest absolute Gasteiger partial charge is 0.326 e. The molecule has 0 spiro atoms. The number of aromatic nitrogens is 5. The minimum atomic E-state index is -0.654. The van der Waals surface area contributed by atoms with E-state index in [2.05, 4.69) is 41.6 Å². The predicted molar refractivity (Wildman–Crippen MR) is 225 cm³/mol. The van der Waals surface area contributed by atoms with E-state index in [-0.39, 0.29) is 31.2 Å². The molecule has 0 unspecified atom stereocenters. The van der Waals surface area contributed by atoms with Crippen molar-refractivity contribution in [2.75, 3.05) is 0 Å². The van der Waals surface area contributed by atoms with Crippen LogP contribution in [-0.4, -0.2) is 19.5 Å². The van der Waals surface area contributed by atoms with E-state index < -0.39 is 23.3 Å². The molecule has 0 amide bonds. The van der Waals surface area contributed by atoms with Gasteiger partial charge in [-0.3, -0.25) is 22.5 Å². The van der Waals surface area contributed by atoms with E-state index in [9.17, 15) is 17.6 Å². The number of nitrogens with zero attached hydrogens (tertiary/aromatic N) is 5. The van der Waals surface area contributed by atoms with Crippen LogP contribution in [0.15, 0.2) is 91.1 Å². The van der Waals surface area contributed by atoms with Crippen molar-refractivity contribution < 1.29 is 42.2 Å². The summed E-state index contributed by atoms with van der Waals surface area (Å²) in [4.78, 5) is 14.0. The zero-order valence-corrected chi connectivity index (χ0v) is 36.7. The molecule has 2 saturated carbocycles. The number of unbranched alkanes of at least 4 members (excludes halogenated alkanes) is 1.